The molecule has 2 aromatic rings. The molecule has 7 nitrogen and oxygen atoms in total. The lowest BCUT2D eigenvalue weighted by Gasteiger charge is -2.30. The summed E-state index contributed by atoms with van der Waals surface area (Å²) in [7, 11) is 1.67. The van der Waals surface area contributed by atoms with Gasteiger partial charge < -0.3 is 9.64 Å². The summed E-state index contributed by atoms with van der Waals surface area (Å²) >= 11 is 1.47. The van der Waals surface area contributed by atoms with Gasteiger partial charge in [0.15, 0.2) is 0 Å². The molecule has 4 rings (SSSR count). The maximum atomic E-state index is 13.2. The molecule has 29 heavy (non-hydrogen) atoms. The first-order chi connectivity index (χ1) is 14.3. The van der Waals surface area contributed by atoms with Crippen molar-refractivity contribution in [2.45, 2.75) is 68.6 Å². The third-order valence-corrected chi connectivity index (χ3v) is 6.95. The molecule has 0 bridgehead atoms. The number of hydrogen-bond acceptors (Lipinski definition) is 6. The number of ether oxygens (including phenoxy) is 1. The molecule has 2 heterocycles. The van der Waals surface area contributed by atoms with E-state index in [1.165, 1.54) is 36.6 Å². The highest BCUT2D eigenvalue weighted by Crippen LogP contribution is 2.34. The molecule has 1 aliphatic carbocycles. The van der Waals surface area contributed by atoms with Crippen LogP contribution in [0.2, 0.25) is 0 Å². The molecule has 1 saturated carbocycles. The Kier molecular flexibility index (Phi) is 6.69. The summed E-state index contributed by atoms with van der Waals surface area (Å²) in [4.78, 5) is 15.2. The number of tetrazole rings is 1. The second-order valence-corrected chi connectivity index (χ2v) is 8.80. The minimum absolute atomic E-state index is 0.127. The van der Waals surface area contributed by atoms with Crippen LogP contribution in [0.1, 0.15) is 69.0 Å². The van der Waals surface area contributed by atoms with E-state index in [2.05, 4.69) is 32.6 Å². The minimum atomic E-state index is 0.127. The fourth-order valence-electron chi connectivity index (χ4n) is 4.45. The highest BCUT2D eigenvalue weighted by Gasteiger charge is 2.28. The molecule has 2 fully saturated rings. The van der Waals surface area contributed by atoms with Gasteiger partial charge in [0.25, 0.3) is 0 Å². The van der Waals surface area contributed by atoms with Crippen molar-refractivity contribution in [3.8, 4) is 5.75 Å². The van der Waals surface area contributed by atoms with Crippen molar-refractivity contribution >= 4 is 17.7 Å². The van der Waals surface area contributed by atoms with Gasteiger partial charge in [-0.25, -0.2) is 4.68 Å². The molecule has 1 aromatic carbocycles. The number of amides is 1. The molecule has 0 N–H and O–H groups in total. The molecule has 0 spiro atoms. The second kappa shape index (κ2) is 9.61. The van der Waals surface area contributed by atoms with E-state index in [-0.39, 0.29) is 11.9 Å². The van der Waals surface area contributed by atoms with Crippen molar-refractivity contribution < 1.29 is 9.53 Å². The highest BCUT2D eigenvalue weighted by molar-refractivity contribution is 7.99. The zero-order valence-corrected chi connectivity index (χ0v) is 17.8. The Morgan fingerprint density at radius 1 is 1.10 bits per heavy atom. The Bertz CT molecular complexity index is 804. The first-order valence-corrected chi connectivity index (χ1v) is 11.6. The van der Waals surface area contributed by atoms with E-state index in [4.69, 9.17) is 4.74 Å². The van der Waals surface area contributed by atoms with Crippen LogP contribution in [0.25, 0.3) is 0 Å². The highest BCUT2D eigenvalue weighted by atomic mass is 32.2. The fraction of sp³-hybridized carbons (Fsp3) is 0.619. The normalized spacial score (nSPS) is 20.6. The predicted molar refractivity (Wildman–Crippen MR) is 112 cm³/mol. The summed E-state index contributed by atoms with van der Waals surface area (Å²) in [5, 5.41) is 13.0. The number of carbonyl (C=O) groups excluding carboxylic acids is 1. The molecule has 1 atom stereocenters. The van der Waals surface area contributed by atoms with E-state index >= 15 is 0 Å². The summed E-state index contributed by atoms with van der Waals surface area (Å²) in [6.45, 7) is 0.809. The van der Waals surface area contributed by atoms with E-state index in [9.17, 15) is 4.79 Å². The second-order valence-electron chi connectivity index (χ2n) is 7.86. The number of rotatable bonds is 6. The van der Waals surface area contributed by atoms with Crippen molar-refractivity contribution in [3.05, 3.63) is 29.8 Å². The molecule has 8 heteroatoms. The number of methoxy groups -OCH3 is 1. The smallest absolute Gasteiger partial charge is 0.233 e. The van der Waals surface area contributed by atoms with Crippen molar-refractivity contribution in [3.63, 3.8) is 0 Å². The topological polar surface area (TPSA) is 73.1 Å². The van der Waals surface area contributed by atoms with E-state index < -0.39 is 0 Å². The first kappa shape index (κ1) is 20.2. The van der Waals surface area contributed by atoms with E-state index in [0.717, 1.165) is 49.6 Å². The SMILES string of the molecule is COc1ccc([C@@H]2CCCCCN2C(=O)CSc2nnnn2C2CCCC2)cc1. The van der Waals surface area contributed by atoms with Gasteiger partial charge in [0.05, 0.1) is 24.9 Å². The maximum absolute atomic E-state index is 13.2. The molecule has 0 radical (unpaired) electrons. The number of hydrogen-bond donors (Lipinski definition) is 0. The van der Waals surface area contributed by atoms with Crippen LogP contribution in [0.15, 0.2) is 29.4 Å². The summed E-state index contributed by atoms with van der Waals surface area (Å²) in [6, 6.07) is 8.64. The first-order valence-electron chi connectivity index (χ1n) is 10.6. The molecular formula is C21H29N5O2S. The lowest BCUT2D eigenvalue weighted by Crippen LogP contribution is -2.36. The van der Waals surface area contributed by atoms with Crippen LogP contribution >= 0.6 is 11.8 Å². The largest absolute Gasteiger partial charge is 0.497 e. The van der Waals surface area contributed by atoms with Gasteiger partial charge in [0.2, 0.25) is 11.1 Å². The standard InChI is InChI=1S/C21H29N5O2S/c1-28-18-12-10-16(11-13-18)19-9-3-2-6-14-25(19)20(27)15-29-21-22-23-24-26(21)17-7-4-5-8-17/h10-13,17,19H,2-9,14-15H2,1H3/t19-/m0/s1. The Labute approximate surface area is 176 Å². The number of aromatic nitrogens is 4. The van der Waals surface area contributed by atoms with Gasteiger partial charge in [0.1, 0.15) is 5.75 Å². The Morgan fingerprint density at radius 3 is 2.62 bits per heavy atom. The van der Waals surface area contributed by atoms with Crippen LogP contribution in [-0.2, 0) is 4.79 Å². The molecule has 1 saturated heterocycles. The zero-order valence-electron chi connectivity index (χ0n) is 17.0. The van der Waals surface area contributed by atoms with Gasteiger partial charge in [0, 0.05) is 6.54 Å². The minimum Gasteiger partial charge on any atom is -0.497 e. The number of carbonyl (C=O) groups is 1. The Balaban J connectivity index is 1.44. The zero-order chi connectivity index (χ0) is 20.1. The molecule has 1 aliphatic heterocycles. The summed E-state index contributed by atoms with van der Waals surface area (Å²) in [6.07, 6.45) is 9.08. The summed E-state index contributed by atoms with van der Waals surface area (Å²) in [5.74, 6) is 1.38. The Hall–Kier alpha value is -2.09. The van der Waals surface area contributed by atoms with Gasteiger partial charge in [-0.1, -0.05) is 49.6 Å². The van der Waals surface area contributed by atoms with Gasteiger partial charge in [-0.2, -0.15) is 0 Å². The number of nitrogens with zero attached hydrogens (tertiary/aromatic N) is 5. The van der Waals surface area contributed by atoms with Gasteiger partial charge in [-0.3, -0.25) is 4.79 Å². The monoisotopic (exact) mass is 415 g/mol. The van der Waals surface area contributed by atoms with Crippen molar-refractivity contribution in [1.29, 1.82) is 0 Å². The molecule has 1 amide bonds. The third kappa shape index (κ3) is 4.74. The van der Waals surface area contributed by atoms with Crippen molar-refractivity contribution in [2.24, 2.45) is 0 Å². The van der Waals surface area contributed by atoms with E-state index in [1.54, 1.807) is 7.11 Å². The third-order valence-electron chi connectivity index (χ3n) is 6.03. The van der Waals surface area contributed by atoms with Crippen molar-refractivity contribution in [1.82, 2.24) is 25.1 Å². The Morgan fingerprint density at radius 2 is 1.86 bits per heavy atom. The average Bonchev–Trinajstić information content (AvgIpc) is 3.39. The molecular weight excluding hydrogens is 386 g/mol. The molecule has 156 valence electrons. The lowest BCUT2D eigenvalue weighted by atomic mass is 10.0. The summed E-state index contributed by atoms with van der Waals surface area (Å²) < 4.78 is 7.21. The molecule has 0 unspecified atom stereocenters. The van der Waals surface area contributed by atoms with Crippen LogP contribution in [0, 0.1) is 0 Å². The van der Waals surface area contributed by atoms with Crippen LogP contribution in [-0.4, -0.2) is 50.4 Å². The maximum Gasteiger partial charge on any atom is 0.233 e. The van der Waals surface area contributed by atoms with E-state index in [0.29, 0.717) is 11.8 Å². The number of thioether (sulfide) groups is 1. The number of likely N-dealkylation sites (tertiary alicyclic amines) is 1. The van der Waals surface area contributed by atoms with Gasteiger partial charge in [-0.05, 0) is 53.8 Å². The van der Waals surface area contributed by atoms with Crippen LogP contribution in [0.3, 0.4) is 0 Å². The summed E-state index contributed by atoms with van der Waals surface area (Å²) in [5.41, 5.74) is 1.18. The van der Waals surface area contributed by atoms with Crippen molar-refractivity contribution in [2.75, 3.05) is 19.4 Å². The van der Waals surface area contributed by atoms with Crippen LogP contribution < -0.4 is 4.74 Å². The number of benzene rings is 1. The van der Waals surface area contributed by atoms with E-state index in [1.807, 2.05) is 16.8 Å². The quantitative estimate of drug-likeness (QED) is 0.663. The van der Waals surface area contributed by atoms with Crippen LogP contribution in [0.5, 0.6) is 5.75 Å². The molecule has 2 aliphatic rings. The van der Waals surface area contributed by atoms with Gasteiger partial charge >= 0.3 is 0 Å². The molecule has 1 aromatic heterocycles. The van der Waals surface area contributed by atoms with Gasteiger partial charge in [-0.15, -0.1) is 5.10 Å². The predicted octanol–water partition coefficient (Wildman–Crippen LogP) is 4.03. The fourth-order valence-corrected chi connectivity index (χ4v) is 5.28. The average molecular weight is 416 g/mol. The van der Waals surface area contributed by atoms with Crippen LogP contribution in [0.4, 0.5) is 0 Å². The lowest BCUT2D eigenvalue weighted by molar-refractivity contribution is -0.130.